The molecule has 1 unspecified atom stereocenters. The Hall–Kier alpha value is -1.32. The van der Waals surface area contributed by atoms with E-state index < -0.39 is 0 Å². The summed E-state index contributed by atoms with van der Waals surface area (Å²) < 4.78 is 5.23. The number of methoxy groups -OCH3 is 1. The van der Waals surface area contributed by atoms with Gasteiger partial charge in [-0.1, -0.05) is 29.8 Å². The summed E-state index contributed by atoms with van der Waals surface area (Å²) in [5.74, 6) is 0.929. The highest BCUT2D eigenvalue weighted by Gasteiger charge is 2.14. The molecule has 0 aliphatic carbocycles. The molecule has 0 aliphatic rings. The van der Waals surface area contributed by atoms with Gasteiger partial charge in [-0.25, -0.2) is 0 Å². The zero-order chi connectivity index (χ0) is 12.3. The second-order valence-electron chi connectivity index (χ2n) is 4.02. The molecule has 0 bridgehead atoms. The van der Waals surface area contributed by atoms with Crippen LogP contribution in [0.3, 0.4) is 0 Å². The summed E-state index contributed by atoms with van der Waals surface area (Å²) >= 11 is 1.72. The fraction of sp³-hybridized carbons (Fsp3) is 0.286. The Bertz CT molecular complexity index is 492. The summed E-state index contributed by atoms with van der Waals surface area (Å²) in [7, 11) is 3.69. The Morgan fingerprint density at radius 3 is 2.71 bits per heavy atom. The van der Waals surface area contributed by atoms with Crippen LogP contribution in [0.5, 0.6) is 5.75 Å². The van der Waals surface area contributed by atoms with E-state index in [1.54, 1.807) is 18.4 Å². The zero-order valence-corrected chi connectivity index (χ0v) is 11.2. The summed E-state index contributed by atoms with van der Waals surface area (Å²) in [5, 5.41) is 5.39. The minimum absolute atomic E-state index is 0.240. The van der Waals surface area contributed by atoms with Crippen molar-refractivity contribution in [1.82, 2.24) is 5.32 Å². The number of nitrogens with one attached hydrogen (secondary N) is 1. The quantitative estimate of drug-likeness (QED) is 0.894. The first-order chi connectivity index (χ1) is 8.24. The van der Waals surface area contributed by atoms with Crippen LogP contribution in [0.25, 0.3) is 0 Å². The minimum Gasteiger partial charge on any atom is -0.496 e. The van der Waals surface area contributed by atoms with Crippen LogP contribution in [0.15, 0.2) is 35.7 Å². The number of ether oxygens (including phenoxy) is 1. The van der Waals surface area contributed by atoms with Crippen molar-refractivity contribution in [3.05, 3.63) is 51.7 Å². The van der Waals surface area contributed by atoms with Crippen LogP contribution < -0.4 is 10.1 Å². The van der Waals surface area contributed by atoms with Crippen molar-refractivity contribution in [2.24, 2.45) is 0 Å². The van der Waals surface area contributed by atoms with Crippen molar-refractivity contribution < 1.29 is 4.74 Å². The molecule has 17 heavy (non-hydrogen) atoms. The largest absolute Gasteiger partial charge is 0.496 e. The first-order valence-electron chi connectivity index (χ1n) is 5.61. The summed E-state index contributed by atoms with van der Waals surface area (Å²) in [6.07, 6.45) is 0. The number of hydrogen-bond acceptors (Lipinski definition) is 3. The van der Waals surface area contributed by atoms with Gasteiger partial charge >= 0.3 is 0 Å². The fourth-order valence-corrected chi connectivity index (χ4v) is 2.91. The fourth-order valence-electron chi connectivity index (χ4n) is 1.92. The van der Waals surface area contributed by atoms with Gasteiger partial charge in [-0.3, -0.25) is 0 Å². The molecule has 2 rings (SSSR count). The summed E-state index contributed by atoms with van der Waals surface area (Å²) in [4.78, 5) is 1.27. The lowest BCUT2D eigenvalue weighted by molar-refractivity contribution is 0.416. The molecule has 0 radical (unpaired) electrons. The van der Waals surface area contributed by atoms with Crippen LogP contribution in [0.1, 0.15) is 22.0 Å². The molecule has 2 aromatic rings. The van der Waals surface area contributed by atoms with E-state index in [0.717, 1.165) is 5.75 Å². The molecule has 0 saturated carbocycles. The van der Waals surface area contributed by atoms with Gasteiger partial charge in [-0.2, -0.15) is 0 Å². The van der Waals surface area contributed by atoms with E-state index in [1.165, 1.54) is 16.0 Å². The lowest BCUT2D eigenvalue weighted by Gasteiger charge is -2.15. The molecular weight excluding hydrogens is 230 g/mol. The predicted molar refractivity (Wildman–Crippen MR) is 73.0 cm³/mol. The van der Waals surface area contributed by atoms with Crippen LogP contribution >= 0.6 is 11.3 Å². The monoisotopic (exact) mass is 247 g/mol. The summed E-state index contributed by atoms with van der Waals surface area (Å²) in [6.45, 7) is 2.12. The molecule has 1 heterocycles. The van der Waals surface area contributed by atoms with Gasteiger partial charge in [0.15, 0.2) is 0 Å². The third-order valence-corrected chi connectivity index (χ3v) is 3.76. The molecular formula is C14H17NOS. The van der Waals surface area contributed by atoms with E-state index in [-0.39, 0.29) is 6.04 Å². The second kappa shape index (κ2) is 5.34. The maximum Gasteiger partial charge on any atom is 0.129 e. The molecule has 1 aromatic carbocycles. The highest BCUT2D eigenvalue weighted by atomic mass is 32.1. The van der Waals surface area contributed by atoms with Crippen LogP contribution in [-0.2, 0) is 0 Å². The van der Waals surface area contributed by atoms with Gasteiger partial charge in [0.05, 0.1) is 13.2 Å². The number of benzene rings is 1. The summed E-state index contributed by atoms with van der Waals surface area (Å²) in [6, 6.07) is 10.9. The Balaban J connectivity index is 2.33. The van der Waals surface area contributed by atoms with E-state index in [0.29, 0.717) is 0 Å². The van der Waals surface area contributed by atoms with Gasteiger partial charge in [0.1, 0.15) is 5.75 Å². The maximum absolute atomic E-state index is 5.23. The highest BCUT2D eigenvalue weighted by molar-refractivity contribution is 7.10. The zero-order valence-electron chi connectivity index (χ0n) is 10.4. The second-order valence-corrected chi connectivity index (χ2v) is 4.97. The molecule has 0 amide bonds. The molecule has 3 heteroatoms. The molecule has 1 atom stereocenters. The molecule has 0 aliphatic heterocycles. The van der Waals surface area contributed by atoms with E-state index in [1.807, 2.05) is 12.4 Å². The van der Waals surface area contributed by atoms with E-state index in [9.17, 15) is 0 Å². The van der Waals surface area contributed by atoms with Crippen molar-refractivity contribution in [2.45, 2.75) is 13.0 Å². The Morgan fingerprint density at radius 2 is 2.12 bits per heavy atom. The highest BCUT2D eigenvalue weighted by Crippen LogP contribution is 2.30. The van der Waals surface area contributed by atoms with Gasteiger partial charge in [-0.15, -0.1) is 11.3 Å². The van der Waals surface area contributed by atoms with Crippen molar-refractivity contribution in [2.75, 3.05) is 14.2 Å². The van der Waals surface area contributed by atoms with E-state index >= 15 is 0 Å². The standard InChI is InChI=1S/C14H17NOS/c1-10-5-4-6-11(7-10)14(15-2)13-8-12(16-3)9-17-13/h4-9,14-15H,1-3H3. The van der Waals surface area contributed by atoms with Gasteiger partial charge < -0.3 is 10.1 Å². The lowest BCUT2D eigenvalue weighted by Crippen LogP contribution is -2.16. The number of thiophene rings is 1. The summed E-state index contributed by atoms with van der Waals surface area (Å²) in [5.41, 5.74) is 2.57. The molecule has 1 aromatic heterocycles. The first-order valence-corrected chi connectivity index (χ1v) is 6.49. The average Bonchev–Trinajstić information content (AvgIpc) is 2.79. The minimum atomic E-state index is 0.240. The third kappa shape index (κ3) is 2.68. The number of hydrogen-bond donors (Lipinski definition) is 1. The molecule has 1 N–H and O–H groups in total. The van der Waals surface area contributed by atoms with Crippen LogP contribution in [-0.4, -0.2) is 14.2 Å². The van der Waals surface area contributed by atoms with Gasteiger partial charge in [0.2, 0.25) is 0 Å². The van der Waals surface area contributed by atoms with Gasteiger partial charge in [0, 0.05) is 10.3 Å². The van der Waals surface area contributed by atoms with Crippen LogP contribution in [0.2, 0.25) is 0 Å². The molecule has 0 spiro atoms. The van der Waals surface area contributed by atoms with E-state index in [2.05, 4.69) is 42.6 Å². The number of aryl methyl sites for hydroxylation is 1. The SMILES string of the molecule is CNC(c1cccc(C)c1)c1cc(OC)cs1. The predicted octanol–water partition coefficient (Wildman–Crippen LogP) is 3.37. The molecule has 2 nitrogen and oxygen atoms in total. The Labute approximate surface area is 106 Å². The van der Waals surface area contributed by atoms with Crippen molar-refractivity contribution >= 4 is 11.3 Å². The molecule has 90 valence electrons. The Kier molecular flexibility index (Phi) is 3.82. The maximum atomic E-state index is 5.23. The van der Waals surface area contributed by atoms with Gasteiger partial charge in [-0.05, 0) is 25.6 Å². The third-order valence-electron chi connectivity index (χ3n) is 2.78. The van der Waals surface area contributed by atoms with Crippen LogP contribution in [0.4, 0.5) is 0 Å². The Morgan fingerprint density at radius 1 is 1.29 bits per heavy atom. The van der Waals surface area contributed by atoms with Gasteiger partial charge in [0.25, 0.3) is 0 Å². The molecule has 0 fully saturated rings. The molecule has 0 saturated heterocycles. The average molecular weight is 247 g/mol. The lowest BCUT2D eigenvalue weighted by atomic mass is 10.0. The van der Waals surface area contributed by atoms with E-state index in [4.69, 9.17) is 4.74 Å². The van der Waals surface area contributed by atoms with Crippen LogP contribution in [0, 0.1) is 6.92 Å². The number of rotatable bonds is 4. The smallest absolute Gasteiger partial charge is 0.129 e. The topological polar surface area (TPSA) is 21.3 Å². The normalized spacial score (nSPS) is 12.4. The van der Waals surface area contributed by atoms with Crippen molar-refractivity contribution in [3.63, 3.8) is 0 Å². The van der Waals surface area contributed by atoms with Crippen molar-refractivity contribution in [3.8, 4) is 5.75 Å². The van der Waals surface area contributed by atoms with Crippen molar-refractivity contribution in [1.29, 1.82) is 0 Å². The first kappa shape index (κ1) is 12.1.